The summed E-state index contributed by atoms with van der Waals surface area (Å²) in [4.78, 5) is 12.2. The zero-order chi connectivity index (χ0) is 13.8. The predicted molar refractivity (Wildman–Crippen MR) is 77.3 cm³/mol. The molecule has 0 aromatic heterocycles. The van der Waals surface area contributed by atoms with Crippen LogP contribution in [0.15, 0.2) is 24.3 Å². The van der Waals surface area contributed by atoms with Gasteiger partial charge in [-0.25, -0.2) is 0 Å². The number of fused-ring (bicyclic) bond motifs is 1. The number of rotatable bonds is 3. The molecule has 1 unspecified atom stereocenters. The molecule has 1 saturated heterocycles. The lowest BCUT2D eigenvalue weighted by atomic mass is 9.95. The van der Waals surface area contributed by atoms with Gasteiger partial charge in [0.05, 0.1) is 12.6 Å². The molecule has 1 aromatic carbocycles. The number of benzene rings is 1. The number of carbonyl (C=O) groups is 1. The van der Waals surface area contributed by atoms with E-state index in [-0.39, 0.29) is 11.9 Å². The lowest BCUT2D eigenvalue weighted by Gasteiger charge is -2.27. The minimum atomic E-state index is -0.102. The molecule has 2 atom stereocenters. The van der Waals surface area contributed by atoms with Crippen LogP contribution in [0.1, 0.15) is 24.0 Å². The van der Waals surface area contributed by atoms with E-state index in [1.54, 1.807) is 0 Å². The fraction of sp³-hybridized carbons (Fsp3) is 0.562. The maximum Gasteiger partial charge on any atom is 0.237 e. The zero-order valence-corrected chi connectivity index (χ0v) is 11.7. The van der Waals surface area contributed by atoms with Crippen molar-refractivity contribution in [2.24, 2.45) is 5.92 Å². The number of ether oxygens (including phenoxy) is 1. The maximum atomic E-state index is 12.2. The van der Waals surface area contributed by atoms with Gasteiger partial charge in [-0.2, -0.15) is 0 Å². The van der Waals surface area contributed by atoms with Gasteiger partial charge in [0.2, 0.25) is 5.91 Å². The molecule has 20 heavy (non-hydrogen) atoms. The Morgan fingerprint density at radius 2 is 2.20 bits per heavy atom. The van der Waals surface area contributed by atoms with Gasteiger partial charge >= 0.3 is 0 Å². The third kappa shape index (κ3) is 3.19. The van der Waals surface area contributed by atoms with Crippen LogP contribution in [0.2, 0.25) is 0 Å². The third-order valence-corrected chi connectivity index (χ3v) is 4.22. The van der Waals surface area contributed by atoms with Gasteiger partial charge in [0, 0.05) is 19.7 Å². The summed E-state index contributed by atoms with van der Waals surface area (Å²) >= 11 is 0. The molecule has 0 saturated carbocycles. The molecule has 1 aromatic rings. The minimum Gasteiger partial charge on any atom is -0.381 e. The van der Waals surface area contributed by atoms with Gasteiger partial charge in [-0.05, 0) is 36.3 Å². The van der Waals surface area contributed by atoms with E-state index < -0.39 is 0 Å². The summed E-state index contributed by atoms with van der Waals surface area (Å²) in [5.41, 5.74) is 2.59. The van der Waals surface area contributed by atoms with Gasteiger partial charge in [0.25, 0.3) is 0 Å². The largest absolute Gasteiger partial charge is 0.381 e. The Labute approximate surface area is 119 Å². The summed E-state index contributed by atoms with van der Waals surface area (Å²) in [6.45, 7) is 3.16. The van der Waals surface area contributed by atoms with E-state index in [2.05, 4.69) is 22.8 Å². The molecule has 3 rings (SSSR count). The first-order chi connectivity index (χ1) is 9.83. The second-order valence-corrected chi connectivity index (χ2v) is 5.73. The lowest BCUT2D eigenvalue weighted by molar-refractivity contribution is -0.123. The highest BCUT2D eigenvalue weighted by Gasteiger charge is 2.24. The molecule has 0 spiro atoms. The molecule has 0 aliphatic carbocycles. The SMILES string of the molecule is O=C(NCC1CCCOC1)[C@H]1Cc2ccccc2CN1. The second-order valence-electron chi connectivity index (χ2n) is 5.73. The Hall–Kier alpha value is -1.39. The lowest BCUT2D eigenvalue weighted by Crippen LogP contribution is -2.49. The van der Waals surface area contributed by atoms with Gasteiger partial charge in [-0.15, -0.1) is 0 Å². The molecule has 4 nitrogen and oxygen atoms in total. The van der Waals surface area contributed by atoms with Crippen LogP contribution in [0, 0.1) is 5.92 Å². The van der Waals surface area contributed by atoms with E-state index in [0.717, 1.165) is 45.6 Å². The van der Waals surface area contributed by atoms with Crippen molar-refractivity contribution in [2.75, 3.05) is 19.8 Å². The molecular formula is C16H22N2O2. The van der Waals surface area contributed by atoms with Crippen molar-refractivity contribution in [3.8, 4) is 0 Å². The zero-order valence-electron chi connectivity index (χ0n) is 11.7. The monoisotopic (exact) mass is 274 g/mol. The van der Waals surface area contributed by atoms with Crippen molar-refractivity contribution in [2.45, 2.75) is 31.8 Å². The van der Waals surface area contributed by atoms with Crippen LogP contribution in [0.3, 0.4) is 0 Å². The molecule has 2 aliphatic rings. The summed E-state index contributed by atoms with van der Waals surface area (Å²) in [6.07, 6.45) is 3.04. The molecular weight excluding hydrogens is 252 g/mol. The Balaban J connectivity index is 1.51. The van der Waals surface area contributed by atoms with Crippen LogP contribution < -0.4 is 10.6 Å². The summed E-state index contributed by atoms with van der Waals surface area (Å²) < 4.78 is 5.44. The number of amides is 1. The summed E-state index contributed by atoms with van der Waals surface area (Å²) in [5.74, 6) is 0.591. The van der Waals surface area contributed by atoms with E-state index in [9.17, 15) is 4.79 Å². The van der Waals surface area contributed by atoms with Gasteiger partial charge in [-0.1, -0.05) is 24.3 Å². The molecule has 108 valence electrons. The van der Waals surface area contributed by atoms with E-state index in [4.69, 9.17) is 4.74 Å². The first kappa shape index (κ1) is 13.6. The predicted octanol–water partition coefficient (Wildman–Crippen LogP) is 1.24. The number of hydrogen-bond acceptors (Lipinski definition) is 3. The van der Waals surface area contributed by atoms with E-state index in [0.29, 0.717) is 5.92 Å². The van der Waals surface area contributed by atoms with Crippen LogP contribution in [0.4, 0.5) is 0 Å². The molecule has 1 fully saturated rings. The van der Waals surface area contributed by atoms with Gasteiger partial charge < -0.3 is 15.4 Å². The molecule has 2 heterocycles. The quantitative estimate of drug-likeness (QED) is 0.872. The fourth-order valence-electron chi connectivity index (χ4n) is 2.98. The molecule has 4 heteroatoms. The van der Waals surface area contributed by atoms with Gasteiger partial charge in [0.15, 0.2) is 0 Å². The van der Waals surface area contributed by atoms with Crippen molar-refractivity contribution >= 4 is 5.91 Å². The number of carbonyl (C=O) groups excluding carboxylic acids is 1. The first-order valence-electron chi connectivity index (χ1n) is 7.48. The van der Waals surface area contributed by atoms with Crippen LogP contribution in [0.5, 0.6) is 0 Å². The molecule has 0 bridgehead atoms. The highest BCUT2D eigenvalue weighted by molar-refractivity contribution is 5.82. The Morgan fingerprint density at radius 1 is 1.35 bits per heavy atom. The highest BCUT2D eigenvalue weighted by Crippen LogP contribution is 2.17. The van der Waals surface area contributed by atoms with Crippen LogP contribution >= 0.6 is 0 Å². The fourth-order valence-corrected chi connectivity index (χ4v) is 2.98. The normalized spacial score (nSPS) is 25.8. The van der Waals surface area contributed by atoms with Crippen LogP contribution in [-0.2, 0) is 22.5 Å². The summed E-state index contributed by atoms with van der Waals surface area (Å²) in [6, 6.07) is 8.22. The Kier molecular flexibility index (Phi) is 4.33. The third-order valence-electron chi connectivity index (χ3n) is 4.22. The molecule has 1 amide bonds. The van der Waals surface area contributed by atoms with Crippen LogP contribution in [-0.4, -0.2) is 31.7 Å². The average Bonchev–Trinajstić information content (AvgIpc) is 2.53. The average molecular weight is 274 g/mol. The van der Waals surface area contributed by atoms with Crippen molar-refractivity contribution in [3.63, 3.8) is 0 Å². The van der Waals surface area contributed by atoms with E-state index >= 15 is 0 Å². The molecule has 0 radical (unpaired) electrons. The van der Waals surface area contributed by atoms with E-state index in [1.807, 2.05) is 12.1 Å². The smallest absolute Gasteiger partial charge is 0.237 e. The van der Waals surface area contributed by atoms with Crippen molar-refractivity contribution in [3.05, 3.63) is 35.4 Å². The standard InChI is InChI=1S/C16H22N2O2/c19-16(18-9-12-4-3-7-20-11-12)15-8-13-5-1-2-6-14(13)10-17-15/h1-2,5-6,12,15,17H,3-4,7-11H2,(H,18,19)/t12?,15-/m1/s1. The first-order valence-corrected chi connectivity index (χ1v) is 7.48. The molecule has 2 N–H and O–H groups in total. The van der Waals surface area contributed by atoms with E-state index in [1.165, 1.54) is 11.1 Å². The van der Waals surface area contributed by atoms with Crippen molar-refractivity contribution in [1.29, 1.82) is 0 Å². The molecule has 2 aliphatic heterocycles. The van der Waals surface area contributed by atoms with Crippen molar-refractivity contribution < 1.29 is 9.53 Å². The number of hydrogen-bond donors (Lipinski definition) is 2. The van der Waals surface area contributed by atoms with Crippen LogP contribution in [0.25, 0.3) is 0 Å². The van der Waals surface area contributed by atoms with Gasteiger partial charge in [0.1, 0.15) is 0 Å². The highest BCUT2D eigenvalue weighted by atomic mass is 16.5. The Bertz CT molecular complexity index is 469. The minimum absolute atomic E-state index is 0.102. The van der Waals surface area contributed by atoms with Crippen molar-refractivity contribution in [1.82, 2.24) is 10.6 Å². The second kappa shape index (κ2) is 6.37. The Morgan fingerprint density at radius 3 is 3.00 bits per heavy atom. The van der Waals surface area contributed by atoms with Gasteiger partial charge in [-0.3, -0.25) is 4.79 Å². The summed E-state index contributed by atoms with van der Waals surface area (Å²) in [5, 5.41) is 6.39. The summed E-state index contributed by atoms with van der Waals surface area (Å²) in [7, 11) is 0. The topological polar surface area (TPSA) is 50.4 Å². The number of nitrogens with one attached hydrogen (secondary N) is 2. The maximum absolute atomic E-state index is 12.2.